The summed E-state index contributed by atoms with van der Waals surface area (Å²) in [4.78, 5) is 9.10. The lowest BCUT2D eigenvalue weighted by molar-refractivity contribution is 0.881. The Labute approximate surface area is 313 Å². The van der Waals surface area contributed by atoms with Gasteiger partial charge in [0.2, 0.25) is 5.82 Å². The first-order valence-electron chi connectivity index (χ1n) is 16.5. The Morgan fingerprint density at radius 3 is 1.68 bits per heavy atom. The molecular formula is C40H27Cl2N11. The van der Waals surface area contributed by atoms with E-state index in [0.29, 0.717) is 40.1 Å². The Hall–Kier alpha value is -6.74. The molecule has 2 aromatic carbocycles. The fourth-order valence-electron chi connectivity index (χ4n) is 6.13. The van der Waals surface area contributed by atoms with Crippen LogP contribution < -0.4 is 0 Å². The Kier molecular flexibility index (Phi) is 9.36. The quantitative estimate of drug-likeness (QED) is 0.173. The number of rotatable bonds is 7. The number of nitrogens with zero attached hydrogens (tertiary/aromatic N) is 10. The van der Waals surface area contributed by atoms with Crippen LogP contribution in [0.1, 0.15) is 28.2 Å². The molecule has 0 aliphatic rings. The molecule has 7 aromatic heterocycles. The van der Waals surface area contributed by atoms with Crippen LogP contribution in [-0.2, 0) is 12.8 Å². The van der Waals surface area contributed by atoms with Crippen molar-refractivity contribution in [2.45, 2.75) is 12.8 Å². The zero-order valence-electron chi connectivity index (χ0n) is 27.8. The summed E-state index contributed by atoms with van der Waals surface area (Å²) in [5.74, 6) is 0.469. The fraction of sp³-hybridized carbons (Fsp3) is 0.0500. The van der Waals surface area contributed by atoms with Gasteiger partial charge in [-0.1, -0.05) is 96.0 Å². The molecule has 9 rings (SSSR count). The Balaban J connectivity index is 0.000000152. The van der Waals surface area contributed by atoms with Crippen LogP contribution in [0.3, 0.4) is 0 Å². The van der Waals surface area contributed by atoms with E-state index in [9.17, 15) is 0 Å². The average molecular weight is 733 g/mol. The molecule has 0 saturated carbocycles. The molecule has 13 heteroatoms. The predicted octanol–water partition coefficient (Wildman–Crippen LogP) is 8.33. The molecule has 0 unspecified atom stereocenters. The second kappa shape index (κ2) is 14.9. The van der Waals surface area contributed by atoms with Gasteiger partial charge in [0, 0.05) is 58.9 Å². The van der Waals surface area contributed by atoms with E-state index in [1.54, 1.807) is 16.8 Å². The molecule has 1 N–H and O–H groups in total. The molecule has 0 aliphatic heterocycles. The largest absolute Gasteiger partial charge is 0.249 e. The molecule has 9 aromatic rings. The summed E-state index contributed by atoms with van der Waals surface area (Å²) in [7, 11) is 0. The summed E-state index contributed by atoms with van der Waals surface area (Å²) in [6, 6.07) is 41.2. The first-order valence-corrected chi connectivity index (χ1v) is 17.3. The lowest BCUT2D eigenvalue weighted by Crippen LogP contribution is -1.96. The highest BCUT2D eigenvalue weighted by Crippen LogP contribution is 2.31. The lowest BCUT2D eigenvalue weighted by atomic mass is 10.0. The lowest BCUT2D eigenvalue weighted by Gasteiger charge is -2.05. The number of fused-ring (bicyclic) bond motifs is 2. The molecule has 0 aliphatic carbocycles. The van der Waals surface area contributed by atoms with E-state index in [0.717, 1.165) is 56.1 Å². The molecule has 0 fully saturated rings. The number of aromatic nitrogens is 10. The summed E-state index contributed by atoms with van der Waals surface area (Å²) < 4.78 is 3.62. The maximum Gasteiger partial charge on any atom is 0.222 e. The van der Waals surface area contributed by atoms with Gasteiger partial charge in [0.05, 0.1) is 32.5 Å². The number of benzene rings is 2. The van der Waals surface area contributed by atoms with Crippen molar-refractivity contribution < 1.29 is 0 Å². The van der Waals surface area contributed by atoms with Crippen LogP contribution in [-0.4, -0.2) is 49.8 Å². The third-order valence-corrected chi connectivity index (χ3v) is 8.95. The Morgan fingerprint density at radius 2 is 1.15 bits per heavy atom. The highest BCUT2D eigenvalue weighted by Gasteiger charge is 2.18. The standard InChI is InChI=1S/C20H14ClN7.C20H13ClN4/c21-14-9-10-18-16(19(25-28(18)12-14)13-5-2-1-3-6-13)11-15-7-4-8-17(22-15)20-23-26-27-24-20;21-15-9-10-19-18(11-16-7-4-8-17(12-22)23-16)20(24-25(19)13-15)14-5-2-1-3-6-14/h1-10,12H,11H2,(H,23,24,26,27);1-10,13H,11H2. The van der Waals surface area contributed by atoms with E-state index in [1.165, 1.54) is 0 Å². The second-order valence-electron chi connectivity index (χ2n) is 12.0. The van der Waals surface area contributed by atoms with Gasteiger partial charge in [-0.05, 0) is 53.7 Å². The Bertz CT molecular complexity index is 2720. The molecule has 53 heavy (non-hydrogen) atoms. The maximum atomic E-state index is 9.08. The van der Waals surface area contributed by atoms with Crippen molar-refractivity contribution in [3.63, 3.8) is 0 Å². The number of tetrazole rings is 1. The van der Waals surface area contributed by atoms with Crippen LogP contribution in [0.25, 0.3) is 45.1 Å². The highest BCUT2D eigenvalue weighted by atomic mass is 35.5. The van der Waals surface area contributed by atoms with E-state index in [1.807, 2.05) is 114 Å². The van der Waals surface area contributed by atoms with Crippen LogP contribution >= 0.6 is 23.2 Å². The van der Waals surface area contributed by atoms with Gasteiger partial charge in [0.25, 0.3) is 0 Å². The molecule has 0 saturated heterocycles. The van der Waals surface area contributed by atoms with Gasteiger partial charge in [-0.2, -0.15) is 20.7 Å². The third kappa shape index (κ3) is 7.23. The first kappa shape index (κ1) is 33.4. The molecule has 11 nitrogen and oxygen atoms in total. The minimum atomic E-state index is 0.415. The van der Waals surface area contributed by atoms with E-state index < -0.39 is 0 Å². The molecule has 256 valence electrons. The average Bonchev–Trinajstić information content (AvgIpc) is 3.94. The molecule has 0 atom stereocenters. The van der Waals surface area contributed by atoms with Gasteiger partial charge < -0.3 is 0 Å². The van der Waals surface area contributed by atoms with Gasteiger partial charge >= 0.3 is 0 Å². The van der Waals surface area contributed by atoms with Crippen molar-refractivity contribution in [1.29, 1.82) is 5.26 Å². The van der Waals surface area contributed by atoms with Gasteiger partial charge in [0.1, 0.15) is 17.5 Å². The van der Waals surface area contributed by atoms with E-state index in [-0.39, 0.29) is 0 Å². The van der Waals surface area contributed by atoms with Crippen molar-refractivity contribution in [1.82, 2.24) is 49.8 Å². The van der Waals surface area contributed by atoms with Crippen molar-refractivity contribution in [2.24, 2.45) is 0 Å². The molecule has 0 radical (unpaired) electrons. The summed E-state index contributed by atoms with van der Waals surface area (Å²) in [6.45, 7) is 0. The highest BCUT2D eigenvalue weighted by molar-refractivity contribution is 6.30. The summed E-state index contributed by atoms with van der Waals surface area (Å²) in [5.41, 5.74) is 10.8. The van der Waals surface area contributed by atoms with Crippen LogP contribution in [0.15, 0.2) is 134 Å². The normalized spacial score (nSPS) is 11.0. The topological polar surface area (TPSA) is 139 Å². The number of pyridine rings is 4. The third-order valence-electron chi connectivity index (χ3n) is 8.50. The molecule has 0 amide bonds. The SMILES string of the molecule is Clc1ccc2c(Cc3cccc(-c4nn[nH]n4)n3)c(-c3ccccc3)nn2c1.N#Cc1cccc(Cc2c(-c3ccccc3)nn3cc(Cl)ccc23)n1. The fourth-order valence-corrected chi connectivity index (χ4v) is 6.44. The van der Waals surface area contributed by atoms with Gasteiger partial charge in [-0.3, -0.25) is 0 Å². The van der Waals surface area contributed by atoms with Crippen molar-refractivity contribution >= 4 is 34.2 Å². The molecular weight excluding hydrogens is 705 g/mol. The van der Waals surface area contributed by atoms with E-state index in [4.69, 9.17) is 43.6 Å². The molecule has 0 bridgehead atoms. The summed E-state index contributed by atoms with van der Waals surface area (Å²) in [6.07, 6.45) is 4.81. The zero-order valence-corrected chi connectivity index (χ0v) is 29.4. The smallest absolute Gasteiger partial charge is 0.222 e. The number of aromatic amines is 1. The van der Waals surface area contributed by atoms with Crippen molar-refractivity contribution in [2.75, 3.05) is 0 Å². The number of halogens is 2. The Morgan fingerprint density at radius 1 is 0.604 bits per heavy atom. The first-order chi connectivity index (χ1) is 26.0. The van der Waals surface area contributed by atoms with Crippen molar-refractivity contribution in [3.8, 4) is 40.1 Å². The van der Waals surface area contributed by atoms with Crippen LogP contribution in [0.4, 0.5) is 0 Å². The van der Waals surface area contributed by atoms with Crippen LogP contribution in [0.5, 0.6) is 0 Å². The van der Waals surface area contributed by atoms with Gasteiger partial charge in [0.15, 0.2) is 0 Å². The van der Waals surface area contributed by atoms with Gasteiger partial charge in [-0.25, -0.2) is 19.0 Å². The molecule has 0 spiro atoms. The maximum absolute atomic E-state index is 9.08. The monoisotopic (exact) mass is 731 g/mol. The number of H-pyrrole nitrogens is 1. The van der Waals surface area contributed by atoms with Crippen molar-refractivity contribution in [3.05, 3.63) is 172 Å². The number of nitriles is 1. The van der Waals surface area contributed by atoms with E-state index >= 15 is 0 Å². The van der Waals surface area contributed by atoms with E-state index in [2.05, 4.69) is 43.8 Å². The number of hydrogen-bond acceptors (Lipinski definition) is 8. The minimum absolute atomic E-state index is 0.415. The predicted molar refractivity (Wildman–Crippen MR) is 203 cm³/mol. The van der Waals surface area contributed by atoms with Crippen LogP contribution in [0.2, 0.25) is 10.0 Å². The summed E-state index contributed by atoms with van der Waals surface area (Å²) in [5, 5.41) is 33.9. The van der Waals surface area contributed by atoms with Crippen LogP contribution in [0, 0.1) is 11.3 Å². The van der Waals surface area contributed by atoms with Gasteiger partial charge in [-0.15, -0.1) is 10.2 Å². The summed E-state index contributed by atoms with van der Waals surface area (Å²) >= 11 is 12.3. The minimum Gasteiger partial charge on any atom is -0.249 e. The number of hydrogen-bond donors (Lipinski definition) is 1. The molecule has 7 heterocycles. The zero-order chi connectivity index (χ0) is 36.1. The number of nitrogens with one attached hydrogen (secondary N) is 1. The second-order valence-corrected chi connectivity index (χ2v) is 12.8.